The van der Waals surface area contributed by atoms with Crippen LogP contribution in [0.3, 0.4) is 0 Å². The van der Waals surface area contributed by atoms with Crippen LogP contribution in [0.1, 0.15) is 24.5 Å². The molecule has 0 atom stereocenters. The Labute approximate surface area is 83.3 Å². The third-order valence-electron chi connectivity index (χ3n) is 3.15. The van der Waals surface area contributed by atoms with Crippen molar-refractivity contribution < 1.29 is 4.74 Å². The summed E-state index contributed by atoms with van der Waals surface area (Å²) < 4.78 is 7.64. The fraction of sp³-hybridized carbons (Fsp3) is 0.700. The third kappa shape index (κ3) is 1.21. The van der Waals surface area contributed by atoms with Gasteiger partial charge < -0.3 is 10.1 Å². The topological polar surface area (TPSA) is 39.1 Å². The van der Waals surface area contributed by atoms with Gasteiger partial charge in [-0.1, -0.05) is 0 Å². The molecule has 14 heavy (non-hydrogen) atoms. The highest BCUT2D eigenvalue weighted by Crippen LogP contribution is 2.29. The Hall–Kier alpha value is -1.03. The van der Waals surface area contributed by atoms with Crippen molar-refractivity contribution in [1.29, 1.82) is 0 Å². The van der Waals surface area contributed by atoms with Gasteiger partial charge in [-0.05, 0) is 25.9 Å². The van der Waals surface area contributed by atoms with E-state index in [1.165, 1.54) is 18.5 Å². The molecule has 0 spiro atoms. The Bertz CT molecular complexity index is 328. The fourth-order valence-corrected chi connectivity index (χ4v) is 2.38. The fourth-order valence-electron chi connectivity index (χ4n) is 2.38. The second kappa shape index (κ2) is 3.28. The Morgan fingerprint density at radius 1 is 1.43 bits per heavy atom. The van der Waals surface area contributed by atoms with Crippen LogP contribution in [0.4, 0.5) is 0 Å². The number of fused-ring (bicyclic) bond motifs is 1. The zero-order valence-electron chi connectivity index (χ0n) is 8.20. The summed E-state index contributed by atoms with van der Waals surface area (Å²) in [4.78, 5) is 4.29. The number of nitrogens with one attached hydrogen (secondary N) is 1. The van der Waals surface area contributed by atoms with Crippen LogP contribution in [0.5, 0.6) is 6.01 Å². The normalized spacial score (nSPS) is 22.0. The molecule has 1 aromatic heterocycles. The summed E-state index contributed by atoms with van der Waals surface area (Å²) >= 11 is 0. The van der Waals surface area contributed by atoms with E-state index in [1.54, 1.807) is 0 Å². The van der Waals surface area contributed by atoms with E-state index in [9.17, 15) is 0 Å². The van der Waals surface area contributed by atoms with E-state index >= 15 is 0 Å². The first kappa shape index (κ1) is 8.29. The van der Waals surface area contributed by atoms with Gasteiger partial charge in [0, 0.05) is 11.6 Å². The van der Waals surface area contributed by atoms with E-state index in [2.05, 4.69) is 14.9 Å². The molecular formula is C10H15N3O. The van der Waals surface area contributed by atoms with Gasteiger partial charge in [-0.3, -0.25) is 4.57 Å². The number of rotatable bonds is 1. The highest BCUT2D eigenvalue weighted by atomic mass is 16.5. The molecule has 0 aromatic carbocycles. The van der Waals surface area contributed by atoms with E-state index in [-0.39, 0.29) is 0 Å². The van der Waals surface area contributed by atoms with E-state index in [1.807, 2.05) is 6.20 Å². The molecule has 1 aromatic rings. The number of piperidine rings is 1. The Kier molecular flexibility index (Phi) is 1.94. The molecular weight excluding hydrogens is 178 g/mol. The highest BCUT2D eigenvalue weighted by Gasteiger charge is 2.24. The molecule has 3 heterocycles. The van der Waals surface area contributed by atoms with Crippen LogP contribution in [0, 0.1) is 0 Å². The standard InChI is InChI=1S/C10H15N3O/c1-3-11-4-2-8(1)9-7-12-10-13(9)5-6-14-10/h7-8,11H,1-6H2. The molecule has 1 fully saturated rings. The predicted octanol–water partition coefficient (Wildman–Crippen LogP) is 0.742. The summed E-state index contributed by atoms with van der Waals surface area (Å²) in [6, 6.07) is 0.818. The lowest BCUT2D eigenvalue weighted by Crippen LogP contribution is -2.27. The van der Waals surface area contributed by atoms with Crippen molar-refractivity contribution in [3.8, 4) is 6.01 Å². The maximum Gasteiger partial charge on any atom is 0.296 e. The minimum atomic E-state index is 0.680. The van der Waals surface area contributed by atoms with E-state index < -0.39 is 0 Å². The molecule has 0 radical (unpaired) electrons. The maximum atomic E-state index is 5.41. The molecule has 0 amide bonds. The molecule has 76 valence electrons. The predicted molar refractivity (Wildman–Crippen MR) is 52.6 cm³/mol. The van der Waals surface area contributed by atoms with E-state index in [0.717, 1.165) is 32.3 Å². The molecule has 0 aliphatic carbocycles. The molecule has 2 aliphatic rings. The first-order valence-corrected chi connectivity index (χ1v) is 5.34. The van der Waals surface area contributed by atoms with Gasteiger partial charge in [0.1, 0.15) is 6.61 Å². The van der Waals surface area contributed by atoms with Gasteiger partial charge in [-0.15, -0.1) is 0 Å². The second-order valence-electron chi connectivity index (χ2n) is 3.99. The van der Waals surface area contributed by atoms with Crippen LogP contribution in [-0.4, -0.2) is 29.2 Å². The largest absolute Gasteiger partial charge is 0.463 e. The number of imidazole rings is 1. The number of hydrogen-bond acceptors (Lipinski definition) is 3. The Morgan fingerprint density at radius 3 is 3.14 bits per heavy atom. The van der Waals surface area contributed by atoms with Crippen molar-refractivity contribution in [3.05, 3.63) is 11.9 Å². The monoisotopic (exact) mass is 193 g/mol. The van der Waals surface area contributed by atoms with Crippen molar-refractivity contribution in [3.63, 3.8) is 0 Å². The Morgan fingerprint density at radius 2 is 2.29 bits per heavy atom. The SMILES string of the molecule is c1nc2n(c1C1CCNCC1)CCO2. The van der Waals surface area contributed by atoms with Gasteiger partial charge >= 0.3 is 0 Å². The van der Waals surface area contributed by atoms with Crippen molar-refractivity contribution >= 4 is 0 Å². The summed E-state index contributed by atoms with van der Waals surface area (Å²) in [6.07, 6.45) is 4.45. The van der Waals surface area contributed by atoms with Crippen LogP contribution in [-0.2, 0) is 6.54 Å². The lowest BCUT2D eigenvalue weighted by atomic mass is 9.95. The molecule has 4 nitrogen and oxygen atoms in total. The summed E-state index contributed by atoms with van der Waals surface area (Å²) in [5, 5.41) is 3.38. The van der Waals surface area contributed by atoms with E-state index in [4.69, 9.17) is 4.74 Å². The molecule has 0 bridgehead atoms. The highest BCUT2D eigenvalue weighted by molar-refractivity contribution is 5.17. The zero-order valence-corrected chi connectivity index (χ0v) is 8.20. The summed E-state index contributed by atoms with van der Waals surface area (Å²) in [5.41, 5.74) is 1.37. The number of aromatic nitrogens is 2. The quantitative estimate of drug-likeness (QED) is 0.715. The maximum absolute atomic E-state index is 5.41. The van der Waals surface area contributed by atoms with Crippen LogP contribution in [0.25, 0.3) is 0 Å². The van der Waals surface area contributed by atoms with Gasteiger partial charge in [0.15, 0.2) is 0 Å². The lowest BCUT2D eigenvalue weighted by Gasteiger charge is -2.22. The van der Waals surface area contributed by atoms with Crippen molar-refractivity contribution in [2.45, 2.75) is 25.3 Å². The summed E-state index contributed by atoms with van der Waals surface area (Å²) in [5.74, 6) is 0.680. The summed E-state index contributed by atoms with van der Waals surface area (Å²) in [7, 11) is 0. The number of nitrogens with zero attached hydrogens (tertiary/aromatic N) is 2. The first-order valence-electron chi connectivity index (χ1n) is 5.34. The summed E-state index contributed by atoms with van der Waals surface area (Å²) in [6.45, 7) is 4.04. The zero-order chi connectivity index (χ0) is 9.38. The average molecular weight is 193 g/mol. The van der Waals surface area contributed by atoms with Crippen molar-refractivity contribution in [2.24, 2.45) is 0 Å². The number of ether oxygens (including phenoxy) is 1. The molecule has 1 N–H and O–H groups in total. The third-order valence-corrected chi connectivity index (χ3v) is 3.15. The molecule has 1 saturated heterocycles. The van der Waals surface area contributed by atoms with Crippen LogP contribution in [0.15, 0.2) is 6.20 Å². The number of hydrogen-bond donors (Lipinski definition) is 1. The molecule has 4 heteroatoms. The van der Waals surface area contributed by atoms with Gasteiger partial charge in [0.05, 0.1) is 12.7 Å². The van der Waals surface area contributed by atoms with Crippen LogP contribution < -0.4 is 10.1 Å². The lowest BCUT2D eigenvalue weighted by molar-refractivity contribution is 0.345. The first-order chi connectivity index (χ1) is 6.95. The molecule has 0 saturated carbocycles. The van der Waals surface area contributed by atoms with Crippen LogP contribution >= 0.6 is 0 Å². The minimum absolute atomic E-state index is 0.680. The average Bonchev–Trinajstić information content (AvgIpc) is 2.79. The van der Waals surface area contributed by atoms with Crippen molar-refractivity contribution in [2.75, 3.05) is 19.7 Å². The van der Waals surface area contributed by atoms with Gasteiger partial charge in [-0.2, -0.15) is 0 Å². The van der Waals surface area contributed by atoms with Gasteiger partial charge in [0.2, 0.25) is 0 Å². The van der Waals surface area contributed by atoms with E-state index in [0.29, 0.717) is 5.92 Å². The molecule has 0 unspecified atom stereocenters. The van der Waals surface area contributed by atoms with Crippen molar-refractivity contribution in [1.82, 2.24) is 14.9 Å². The molecule has 3 rings (SSSR count). The molecule has 2 aliphatic heterocycles. The second-order valence-corrected chi connectivity index (χ2v) is 3.99. The van der Waals surface area contributed by atoms with Gasteiger partial charge in [0.25, 0.3) is 6.01 Å². The van der Waals surface area contributed by atoms with Crippen LogP contribution in [0.2, 0.25) is 0 Å². The Balaban J connectivity index is 1.88. The van der Waals surface area contributed by atoms with Gasteiger partial charge in [-0.25, -0.2) is 4.98 Å². The minimum Gasteiger partial charge on any atom is -0.463 e. The smallest absolute Gasteiger partial charge is 0.296 e.